The molecule has 1 aromatic heterocycles. The molecule has 0 fully saturated rings. The molecule has 0 unspecified atom stereocenters. The fraction of sp³-hybridized carbons (Fsp3) is 0.357. The summed E-state index contributed by atoms with van der Waals surface area (Å²) in [6, 6.07) is 7.98. The van der Waals surface area contributed by atoms with Crippen molar-refractivity contribution in [3.63, 3.8) is 0 Å². The van der Waals surface area contributed by atoms with Crippen molar-refractivity contribution >= 4 is 10.0 Å². The fourth-order valence-corrected chi connectivity index (χ4v) is 2.58. The van der Waals surface area contributed by atoms with Gasteiger partial charge in [-0.1, -0.05) is 18.2 Å². The molecule has 0 atom stereocenters. The molecule has 0 spiro atoms. The monoisotopic (exact) mass is 293 g/mol. The van der Waals surface area contributed by atoms with Crippen LogP contribution in [0.4, 0.5) is 0 Å². The molecule has 2 aromatic rings. The maximum atomic E-state index is 11.2. The molecule has 5 nitrogen and oxygen atoms in total. The average Bonchev–Trinajstić information content (AvgIpc) is 2.62. The maximum Gasteiger partial charge on any atom is 0.209 e. The molecule has 1 heterocycles. The molecule has 6 heteroatoms. The average molecular weight is 293 g/mol. The van der Waals surface area contributed by atoms with Crippen molar-refractivity contribution < 1.29 is 8.42 Å². The molecule has 0 radical (unpaired) electrons. The lowest BCUT2D eigenvalue weighted by atomic mass is 10.2. The molecule has 2 rings (SSSR count). The highest BCUT2D eigenvalue weighted by Crippen LogP contribution is 2.20. The Bertz CT molecular complexity index is 733. The summed E-state index contributed by atoms with van der Waals surface area (Å²) >= 11 is 0. The fourth-order valence-electron chi connectivity index (χ4n) is 2.17. The van der Waals surface area contributed by atoms with E-state index >= 15 is 0 Å². The molecule has 0 aliphatic rings. The van der Waals surface area contributed by atoms with E-state index < -0.39 is 10.0 Å². The molecule has 0 aliphatic carbocycles. The topological polar surface area (TPSA) is 64.0 Å². The molecule has 0 aliphatic heterocycles. The number of hydrogen-bond donors (Lipinski definition) is 1. The third-order valence-electron chi connectivity index (χ3n) is 3.30. The number of sulfonamides is 1. The number of para-hydroxylation sites is 1. The van der Waals surface area contributed by atoms with E-state index in [1.54, 1.807) is 0 Å². The van der Waals surface area contributed by atoms with Crippen LogP contribution in [0.3, 0.4) is 0 Å². The first-order chi connectivity index (χ1) is 9.29. The molecule has 1 N–H and O–H groups in total. The van der Waals surface area contributed by atoms with Crippen LogP contribution in [0.5, 0.6) is 0 Å². The number of aromatic nitrogens is 2. The van der Waals surface area contributed by atoms with E-state index in [2.05, 4.69) is 9.82 Å². The Kier molecular flexibility index (Phi) is 3.96. The zero-order chi connectivity index (χ0) is 14.9. The van der Waals surface area contributed by atoms with Crippen LogP contribution < -0.4 is 4.72 Å². The van der Waals surface area contributed by atoms with Crippen molar-refractivity contribution in [2.24, 2.45) is 0 Å². The number of nitrogens with zero attached hydrogens (tertiary/aromatic N) is 2. The smallest absolute Gasteiger partial charge is 0.209 e. The van der Waals surface area contributed by atoms with Gasteiger partial charge in [0.25, 0.3) is 0 Å². The van der Waals surface area contributed by atoms with Crippen LogP contribution in [0.25, 0.3) is 5.69 Å². The Morgan fingerprint density at radius 1 is 1.20 bits per heavy atom. The minimum atomic E-state index is -3.21. The van der Waals surface area contributed by atoms with Crippen LogP contribution in [0.2, 0.25) is 0 Å². The summed E-state index contributed by atoms with van der Waals surface area (Å²) in [5, 5.41) is 4.52. The molecule has 0 amide bonds. The summed E-state index contributed by atoms with van der Waals surface area (Å²) in [5.41, 5.74) is 4.84. The van der Waals surface area contributed by atoms with E-state index in [4.69, 9.17) is 0 Å². The first kappa shape index (κ1) is 14.7. The quantitative estimate of drug-likeness (QED) is 0.935. The van der Waals surface area contributed by atoms with E-state index in [1.807, 2.05) is 49.7 Å². The summed E-state index contributed by atoms with van der Waals surface area (Å²) in [6.07, 6.45) is 1.16. The minimum Gasteiger partial charge on any atom is -0.237 e. The van der Waals surface area contributed by atoms with Gasteiger partial charge in [0.15, 0.2) is 0 Å². The van der Waals surface area contributed by atoms with Gasteiger partial charge in [-0.2, -0.15) is 5.10 Å². The number of aryl methyl sites for hydroxylation is 2. The van der Waals surface area contributed by atoms with Crippen molar-refractivity contribution in [3.05, 3.63) is 46.8 Å². The van der Waals surface area contributed by atoms with Gasteiger partial charge in [-0.25, -0.2) is 17.8 Å². The normalized spacial score (nSPS) is 11.8. The highest BCUT2D eigenvalue weighted by Gasteiger charge is 2.14. The van der Waals surface area contributed by atoms with Crippen molar-refractivity contribution in [1.82, 2.24) is 14.5 Å². The largest absolute Gasteiger partial charge is 0.237 e. The Balaban J connectivity index is 2.42. The second kappa shape index (κ2) is 5.38. The van der Waals surface area contributed by atoms with Crippen LogP contribution in [0.15, 0.2) is 24.3 Å². The lowest BCUT2D eigenvalue weighted by Gasteiger charge is -2.08. The number of benzene rings is 1. The maximum absolute atomic E-state index is 11.2. The highest BCUT2D eigenvalue weighted by molar-refractivity contribution is 7.88. The van der Waals surface area contributed by atoms with Crippen LogP contribution in [-0.2, 0) is 16.6 Å². The summed E-state index contributed by atoms with van der Waals surface area (Å²) < 4.78 is 26.8. The Labute approximate surface area is 119 Å². The van der Waals surface area contributed by atoms with E-state index in [1.165, 1.54) is 0 Å². The van der Waals surface area contributed by atoms with Gasteiger partial charge >= 0.3 is 0 Å². The third-order valence-corrected chi connectivity index (χ3v) is 3.96. The third kappa shape index (κ3) is 3.08. The van der Waals surface area contributed by atoms with Crippen molar-refractivity contribution in [3.8, 4) is 5.69 Å². The van der Waals surface area contributed by atoms with Crippen LogP contribution in [-0.4, -0.2) is 24.5 Å². The van der Waals surface area contributed by atoms with Crippen LogP contribution in [0, 0.1) is 20.8 Å². The van der Waals surface area contributed by atoms with E-state index in [0.717, 1.165) is 34.5 Å². The van der Waals surface area contributed by atoms with E-state index in [9.17, 15) is 8.42 Å². The van der Waals surface area contributed by atoms with Gasteiger partial charge in [-0.15, -0.1) is 0 Å². The molecule has 0 bridgehead atoms. The Morgan fingerprint density at radius 2 is 1.85 bits per heavy atom. The number of rotatable bonds is 4. The standard InChI is InChI=1S/C14H19N3O2S/c1-10-7-5-6-8-14(10)17-12(3)13(11(2)16-17)9-15-20(4,18)19/h5-8,15H,9H2,1-4H3. The van der Waals surface area contributed by atoms with Crippen molar-refractivity contribution in [2.75, 3.05) is 6.26 Å². The van der Waals surface area contributed by atoms with Gasteiger partial charge in [-0.05, 0) is 32.4 Å². The molecule has 0 saturated carbocycles. The minimum absolute atomic E-state index is 0.266. The first-order valence-electron chi connectivity index (χ1n) is 6.35. The second-order valence-corrected chi connectivity index (χ2v) is 6.77. The number of nitrogens with one attached hydrogen (secondary N) is 1. The molecule has 108 valence electrons. The molecule has 0 saturated heterocycles. The highest BCUT2D eigenvalue weighted by atomic mass is 32.2. The van der Waals surface area contributed by atoms with Gasteiger partial charge in [0.1, 0.15) is 0 Å². The SMILES string of the molecule is Cc1ccccc1-n1nc(C)c(CNS(C)(=O)=O)c1C. The molecular weight excluding hydrogens is 274 g/mol. The van der Waals surface area contributed by atoms with Gasteiger partial charge in [-0.3, -0.25) is 0 Å². The van der Waals surface area contributed by atoms with E-state index in [0.29, 0.717) is 0 Å². The summed E-state index contributed by atoms with van der Waals surface area (Å²) in [4.78, 5) is 0. The summed E-state index contributed by atoms with van der Waals surface area (Å²) in [7, 11) is -3.21. The number of hydrogen-bond acceptors (Lipinski definition) is 3. The van der Waals surface area contributed by atoms with Gasteiger partial charge in [0.2, 0.25) is 10.0 Å². The predicted octanol–water partition coefficient (Wildman–Crippen LogP) is 1.85. The molecule has 20 heavy (non-hydrogen) atoms. The predicted molar refractivity (Wildman–Crippen MR) is 79.5 cm³/mol. The Hall–Kier alpha value is -1.66. The summed E-state index contributed by atoms with van der Waals surface area (Å²) in [6.45, 7) is 6.13. The Morgan fingerprint density at radius 3 is 2.45 bits per heavy atom. The van der Waals surface area contributed by atoms with Gasteiger partial charge < -0.3 is 0 Å². The van der Waals surface area contributed by atoms with Crippen LogP contribution >= 0.6 is 0 Å². The van der Waals surface area contributed by atoms with Crippen molar-refractivity contribution in [1.29, 1.82) is 0 Å². The lowest BCUT2D eigenvalue weighted by molar-refractivity contribution is 0.587. The zero-order valence-electron chi connectivity index (χ0n) is 12.1. The van der Waals surface area contributed by atoms with E-state index in [-0.39, 0.29) is 6.54 Å². The second-order valence-electron chi connectivity index (χ2n) is 4.94. The molecular formula is C14H19N3O2S. The van der Waals surface area contributed by atoms with Crippen LogP contribution in [0.1, 0.15) is 22.5 Å². The molecule has 1 aromatic carbocycles. The van der Waals surface area contributed by atoms with Gasteiger partial charge in [0, 0.05) is 17.8 Å². The van der Waals surface area contributed by atoms with Gasteiger partial charge in [0.05, 0.1) is 17.6 Å². The summed E-state index contributed by atoms with van der Waals surface area (Å²) in [5.74, 6) is 0. The zero-order valence-corrected chi connectivity index (χ0v) is 13.0. The van der Waals surface area contributed by atoms with Crippen molar-refractivity contribution in [2.45, 2.75) is 27.3 Å². The lowest BCUT2D eigenvalue weighted by Crippen LogP contribution is -2.21. The first-order valence-corrected chi connectivity index (χ1v) is 8.24.